The van der Waals surface area contributed by atoms with Crippen LogP contribution in [0.15, 0.2) is 53.5 Å². The number of nitrogens with zero attached hydrogens (tertiary/aromatic N) is 1. The summed E-state index contributed by atoms with van der Waals surface area (Å²) in [4.78, 5) is 25.8. The second-order valence-corrected chi connectivity index (χ2v) is 6.81. The van der Waals surface area contributed by atoms with Crippen LogP contribution in [-0.2, 0) is 0 Å². The molecule has 1 aromatic heterocycles. The average molecular weight is 348 g/mol. The number of nitrogens with one attached hydrogen (secondary N) is 1. The van der Waals surface area contributed by atoms with E-state index in [1.54, 1.807) is 16.8 Å². The fourth-order valence-corrected chi connectivity index (χ4v) is 2.94. The maximum atomic E-state index is 13.0. The SMILES string of the molecule is CCC(C)NC(=O)c1cn(-c2ccc(C)c(C)c2)c(=O)c2ccccc12. The number of fused-ring (bicyclic) bond motifs is 1. The number of hydrogen-bond donors (Lipinski definition) is 1. The van der Waals surface area contributed by atoms with Crippen LogP contribution in [0.3, 0.4) is 0 Å². The summed E-state index contributed by atoms with van der Waals surface area (Å²) >= 11 is 0. The number of aromatic nitrogens is 1. The molecule has 0 saturated carbocycles. The highest BCUT2D eigenvalue weighted by atomic mass is 16.2. The lowest BCUT2D eigenvalue weighted by Gasteiger charge is -2.16. The third-order valence-electron chi connectivity index (χ3n) is 4.93. The molecule has 0 spiro atoms. The lowest BCUT2D eigenvalue weighted by atomic mass is 10.1. The number of aryl methyl sites for hydroxylation is 2. The van der Waals surface area contributed by atoms with E-state index in [9.17, 15) is 9.59 Å². The van der Waals surface area contributed by atoms with Gasteiger partial charge in [0.05, 0.1) is 5.56 Å². The molecule has 0 saturated heterocycles. The summed E-state index contributed by atoms with van der Waals surface area (Å²) in [6, 6.07) is 13.2. The molecule has 0 aliphatic carbocycles. The van der Waals surface area contributed by atoms with Gasteiger partial charge in [-0.15, -0.1) is 0 Å². The molecule has 1 unspecified atom stereocenters. The first-order valence-corrected chi connectivity index (χ1v) is 8.95. The van der Waals surface area contributed by atoms with Crippen LogP contribution < -0.4 is 10.9 Å². The summed E-state index contributed by atoms with van der Waals surface area (Å²) in [7, 11) is 0. The molecule has 0 aliphatic rings. The molecule has 134 valence electrons. The fraction of sp³-hybridized carbons (Fsp3) is 0.273. The first-order chi connectivity index (χ1) is 12.4. The monoisotopic (exact) mass is 348 g/mol. The van der Waals surface area contributed by atoms with Crippen molar-refractivity contribution in [3.8, 4) is 5.69 Å². The van der Waals surface area contributed by atoms with E-state index < -0.39 is 0 Å². The van der Waals surface area contributed by atoms with E-state index in [1.807, 2.05) is 64.1 Å². The van der Waals surface area contributed by atoms with Gasteiger partial charge in [-0.2, -0.15) is 0 Å². The second-order valence-electron chi connectivity index (χ2n) is 6.81. The Labute approximate surface area is 153 Å². The summed E-state index contributed by atoms with van der Waals surface area (Å²) in [6.45, 7) is 8.05. The molecule has 1 N–H and O–H groups in total. The maximum Gasteiger partial charge on any atom is 0.262 e. The minimum absolute atomic E-state index is 0.0725. The number of carbonyl (C=O) groups excluding carboxylic acids is 1. The zero-order valence-corrected chi connectivity index (χ0v) is 15.7. The van der Waals surface area contributed by atoms with Crippen molar-refractivity contribution in [2.24, 2.45) is 0 Å². The average Bonchev–Trinajstić information content (AvgIpc) is 2.64. The highest BCUT2D eigenvalue weighted by molar-refractivity contribution is 6.06. The molecule has 0 bridgehead atoms. The van der Waals surface area contributed by atoms with Gasteiger partial charge in [-0.1, -0.05) is 31.2 Å². The van der Waals surface area contributed by atoms with Crippen molar-refractivity contribution in [1.82, 2.24) is 9.88 Å². The lowest BCUT2D eigenvalue weighted by Crippen LogP contribution is -2.33. The number of carbonyl (C=O) groups is 1. The predicted octanol–water partition coefficient (Wildman–Crippen LogP) is 4.14. The van der Waals surface area contributed by atoms with Gasteiger partial charge in [0.25, 0.3) is 11.5 Å². The molecule has 1 atom stereocenters. The molecule has 0 fully saturated rings. The van der Waals surface area contributed by atoms with Crippen molar-refractivity contribution < 1.29 is 4.79 Å². The van der Waals surface area contributed by atoms with Crippen molar-refractivity contribution in [2.45, 2.75) is 40.2 Å². The fourth-order valence-electron chi connectivity index (χ4n) is 2.94. The van der Waals surface area contributed by atoms with Gasteiger partial charge >= 0.3 is 0 Å². The summed E-state index contributed by atoms with van der Waals surface area (Å²) in [5, 5.41) is 4.23. The molecule has 26 heavy (non-hydrogen) atoms. The van der Waals surface area contributed by atoms with Gasteiger partial charge in [0.1, 0.15) is 0 Å². The Hall–Kier alpha value is -2.88. The topological polar surface area (TPSA) is 51.1 Å². The van der Waals surface area contributed by atoms with Gasteiger partial charge in [-0.3, -0.25) is 14.2 Å². The number of rotatable bonds is 4. The van der Waals surface area contributed by atoms with Gasteiger partial charge < -0.3 is 5.32 Å². The van der Waals surface area contributed by atoms with E-state index >= 15 is 0 Å². The van der Waals surface area contributed by atoms with Gasteiger partial charge in [-0.25, -0.2) is 0 Å². The molecule has 0 radical (unpaired) electrons. The number of amides is 1. The van der Waals surface area contributed by atoms with Crippen molar-refractivity contribution in [1.29, 1.82) is 0 Å². The smallest absolute Gasteiger partial charge is 0.262 e. The first kappa shape index (κ1) is 17.9. The molecule has 4 heteroatoms. The molecule has 4 nitrogen and oxygen atoms in total. The summed E-state index contributed by atoms with van der Waals surface area (Å²) in [5.41, 5.74) is 3.43. The van der Waals surface area contributed by atoms with Crippen LogP contribution in [0.25, 0.3) is 16.5 Å². The Balaban J connectivity index is 2.24. The molecule has 1 amide bonds. The second kappa shape index (κ2) is 7.16. The quantitative estimate of drug-likeness (QED) is 0.770. The molecule has 2 aromatic carbocycles. The van der Waals surface area contributed by atoms with Crippen molar-refractivity contribution >= 4 is 16.7 Å². The van der Waals surface area contributed by atoms with Crippen molar-refractivity contribution in [3.05, 3.63) is 75.7 Å². The van der Waals surface area contributed by atoms with E-state index in [4.69, 9.17) is 0 Å². The van der Waals surface area contributed by atoms with Gasteiger partial charge in [0.15, 0.2) is 0 Å². The van der Waals surface area contributed by atoms with Crippen LogP contribution in [-0.4, -0.2) is 16.5 Å². The zero-order valence-electron chi connectivity index (χ0n) is 15.7. The Bertz CT molecular complexity index is 1030. The van der Waals surface area contributed by atoms with Gasteiger partial charge in [-0.05, 0) is 56.5 Å². The zero-order chi connectivity index (χ0) is 18.8. The van der Waals surface area contributed by atoms with Gasteiger partial charge in [0, 0.05) is 28.7 Å². The molecule has 0 aliphatic heterocycles. The maximum absolute atomic E-state index is 13.0. The van der Waals surface area contributed by atoms with E-state index in [0.29, 0.717) is 16.3 Å². The van der Waals surface area contributed by atoms with E-state index in [1.165, 1.54) is 0 Å². The largest absolute Gasteiger partial charge is 0.350 e. The third kappa shape index (κ3) is 3.27. The normalized spacial score (nSPS) is 12.2. The molecular weight excluding hydrogens is 324 g/mol. The highest BCUT2D eigenvalue weighted by Gasteiger charge is 2.16. The summed E-state index contributed by atoms with van der Waals surface area (Å²) < 4.78 is 1.57. The molecule has 1 heterocycles. The minimum atomic E-state index is -0.159. The summed E-state index contributed by atoms with van der Waals surface area (Å²) in [5.74, 6) is -0.159. The van der Waals surface area contributed by atoms with E-state index in [0.717, 1.165) is 23.2 Å². The predicted molar refractivity (Wildman–Crippen MR) is 106 cm³/mol. The minimum Gasteiger partial charge on any atom is -0.350 e. The molecular formula is C22H24N2O2. The van der Waals surface area contributed by atoms with Crippen LogP contribution in [0.2, 0.25) is 0 Å². The Kier molecular flexibility index (Phi) is 4.94. The Morgan fingerprint density at radius 3 is 2.42 bits per heavy atom. The van der Waals surface area contributed by atoms with Crippen LogP contribution >= 0.6 is 0 Å². The molecule has 3 rings (SSSR count). The molecule has 3 aromatic rings. The Morgan fingerprint density at radius 1 is 1.08 bits per heavy atom. The van der Waals surface area contributed by atoms with Crippen LogP contribution in [0.1, 0.15) is 41.8 Å². The van der Waals surface area contributed by atoms with Crippen LogP contribution in [0.5, 0.6) is 0 Å². The number of pyridine rings is 1. The standard InChI is InChI=1S/C22H24N2O2/c1-5-16(4)23-21(25)20-13-24(17-11-10-14(2)15(3)12-17)22(26)19-9-7-6-8-18(19)20/h6-13,16H,5H2,1-4H3,(H,23,25). The van der Waals surface area contributed by atoms with Crippen LogP contribution in [0, 0.1) is 13.8 Å². The third-order valence-corrected chi connectivity index (χ3v) is 4.93. The number of hydrogen-bond acceptors (Lipinski definition) is 2. The van der Waals surface area contributed by atoms with Crippen molar-refractivity contribution in [2.75, 3.05) is 0 Å². The number of benzene rings is 2. The highest BCUT2D eigenvalue weighted by Crippen LogP contribution is 2.19. The van der Waals surface area contributed by atoms with E-state index in [2.05, 4.69) is 5.32 Å². The van der Waals surface area contributed by atoms with E-state index in [-0.39, 0.29) is 17.5 Å². The summed E-state index contributed by atoms with van der Waals surface area (Å²) in [6.07, 6.45) is 2.51. The van der Waals surface area contributed by atoms with Crippen LogP contribution in [0.4, 0.5) is 0 Å². The van der Waals surface area contributed by atoms with Gasteiger partial charge in [0.2, 0.25) is 0 Å². The Morgan fingerprint density at radius 2 is 1.77 bits per heavy atom. The first-order valence-electron chi connectivity index (χ1n) is 8.95. The lowest BCUT2D eigenvalue weighted by molar-refractivity contribution is 0.0940. The van der Waals surface area contributed by atoms with Crippen molar-refractivity contribution in [3.63, 3.8) is 0 Å².